The number of benzene rings is 1. The Balaban J connectivity index is 1.76. The van der Waals surface area contributed by atoms with E-state index in [2.05, 4.69) is 28.9 Å². The van der Waals surface area contributed by atoms with Crippen molar-refractivity contribution in [3.05, 3.63) is 52.2 Å². The molecular weight excluding hydrogens is 404 g/mol. The Morgan fingerprint density at radius 1 is 1.06 bits per heavy atom. The first-order chi connectivity index (χ1) is 15.4. The van der Waals surface area contributed by atoms with Gasteiger partial charge in [-0.25, -0.2) is 9.59 Å². The minimum absolute atomic E-state index is 0.128. The van der Waals surface area contributed by atoms with E-state index >= 15 is 0 Å². The van der Waals surface area contributed by atoms with Crippen molar-refractivity contribution in [1.29, 1.82) is 0 Å². The quantitative estimate of drug-likeness (QED) is 0.616. The Kier molecular flexibility index (Phi) is 5.41. The Morgan fingerprint density at radius 3 is 2.53 bits per heavy atom. The Morgan fingerprint density at radius 2 is 1.81 bits per heavy atom. The second kappa shape index (κ2) is 8.24. The first-order valence-corrected chi connectivity index (χ1v) is 11.7. The van der Waals surface area contributed by atoms with Gasteiger partial charge in [-0.15, -0.1) is 0 Å². The normalized spacial score (nSPS) is 20.9. The lowest BCUT2D eigenvalue weighted by Crippen LogP contribution is -2.31. The average Bonchev–Trinajstić information content (AvgIpc) is 3.17. The summed E-state index contributed by atoms with van der Waals surface area (Å²) in [4.78, 5) is 23.8. The van der Waals surface area contributed by atoms with E-state index in [1.54, 1.807) is 0 Å². The van der Waals surface area contributed by atoms with Crippen LogP contribution < -0.4 is 5.32 Å². The molecule has 1 fully saturated rings. The topological polar surface area (TPSA) is 91.6 Å². The standard InChI is InChI=1S/C26H30N2O4/c1-15-22-13-18-8-7-17-11-19(16-5-3-2-4-6-16)12-20(21(26(31)32)14-23(29)30)24(17)25(18)28(22)10-9-27-15/h11-16,27H,2-10H2,1H3,(H,29,30)(H,31,32). The van der Waals surface area contributed by atoms with Gasteiger partial charge in [0, 0.05) is 36.5 Å². The van der Waals surface area contributed by atoms with E-state index in [4.69, 9.17) is 0 Å². The molecule has 3 aliphatic rings. The Hall–Kier alpha value is -2.86. The second-order valence-electron chi connectivity index (χ2n) is 9.41. The van der Waals surface area contributed by atoms with Gasteiger partial charge in [-0.1, -0.05) is 25.3 Å². The summed E-state index contributed by atoms with van der Waals surface area (Å²) in [7, 11) is 0. The molecule has 1 saturated carbocycles. The molecule has 1 atom stereocenters. The van der Waals surface area contributed by atoms with Crippen LogP contribution in [0.3, 0.4) is 0 Å². The molecule has 1 unspecified atom stereocenters. The third-order valence-electron chi connectivity index (χ3n) is 7.45. The molecule has 2 aromatic rings. The van der Waals surface area contributed by atoms with Crippen molar-refractivity contribution in [2.24, 2.45) is 0 Å². The van der Waals surface area contributed by atoms with Crippen molar-refractivity contribution in [1.82, 2.24) is 9.88 Å². The lowest BCUT2D eigenvalue weighted by Gasteiger charge is -2.30. The maximum atomic E-state index is 12.3. The van der Waals surface area contributed by atoms with Crippen LogP contribution in [0.1, 0.15) is 78.9 Å². The molecule has 32 heavy (non-hydrogen) atoms. The molecule has 1 aliphatic heterocycles. The first kappa shape index (κ1) is 21.0. The minimum atomic E-state index is -1.23. The van der Waals surface area contributed by atoms with Gasteiger partial charge in [0.25, 0.3) is 0 Å². The predicted molar refractivity (Wildman–Crippen MR) is 123 cm³/mol. The molecule has 1 aromatic carbocycles. The maximum absolute atomic E-state index is 12.3. The summed E-state index contributed by atoms with van der Waals surface area (Å²) < 4.78 is 2.32. The number of aryl methyl sites for hydroxylation is 2. The predicted octanol–water partition coefficient (Wildman–Crippen LogP) is 4.52. The number of carboxylic acids is 2. The van der Waals surface area contributed by atoms with Crippen LogP contribution in [0.5, 0.6) is 0 Å². The van der Waals surface area contributed by atoms with Crippen molar-refractivity contribution in [2.75, 3.05) is 6.54 Å². The van der Waals surface area contributed by atoms with Gasteiger partial charge in [0.1, 0.15) is 0 Å². The highest BCUT2D eigenvalue weighted by atomic mass is 16.4. The largest absolute Gasteiger partial charge is 0.478 e. The van der Waals surface area contributed by atoms with Gasteiger partial charge in [-0.3, -0.25) is 0 Å². The van der Waals surface area contributed by atoms with E-state index in [-0.39, 0.29) is 11.6 Å². The minimum Gasteiger partial charge on any atom is -0.478 e. The number of nitrogens with zero attached hydrogens (tertiary/aromatic N) is 1. The van der Waals surface area contributed by atoms with Gasteiger partial charge >= 0.3 is 11.9 Å². The summed E-state index contributed by atoms with van der Waals surface area (Å²) in [5.74, 6) is -2.01. The van der Waals surface area contributed by atoms with Gasteiger partial charge < -0.3 is 20.1 Å². The molecular formula is C26H30N2O4. The molecule has 5 rings (SSSR count). The average molecular weight is 435 g/mol. The number of carbonyl (C=O) groups is 2. The van der Waals surface area contributed by atoms with E-state index in [9.17, 15) is 19.8 Å². The molecule has 2 heterocycles. The van der Waals surface area contributed by atoms with Crippen molar-refractivity contribution in [3.63, 3.8) is 0 Å². The van der Waals surface area contributed by atoms with Gasteiger partial charge in [0.2, 0.25) is 0 Å². The first-order valence-electron chi connectivity index (χ1n) is 11.7. The number of fused-ring (bicyclic) bond motifs is 5. The number of aromatic nitrogens is 1. The lowest BCUT2D eigenvalue weighted by atomic mass is 9.78. The van der Waals surface area contributed by atoms with Gasteiger partial charge in [-0.05, 0) is 72.9 Å². The molecule has 2 aliphatic carbocycles. The van der Waals surface area contributed by atoms with Crippen LogP contribution in [-0.4, -0.2) is 33.3 Å². The molecule has 0 radical (unpaired) electrons. The number of hydrogen-bond donors (Lipinski definition) is 3. The third kappa shape index (κ3) is 3.56. The maximum Gasteiger partial charge on any atom is 0.336 e. The van der Waals surface area contributed by atoms with Crippen molar-refractivity contribution < 1.29 is 19.8 Å². The SMILES string of the molecule is CC1NCCn2c1cc1c2-c2c(cc(C3CCCCC3)cc2C(=CC(=O)O)C(=O)O)CC1. The summed E-state index contributed by atoms with van der Waals surface area (Å²) in [6, 6.07) is 6.74. The molecule has 1 aromatic heterocycles. The summed E-state index contributed by atoms with van der Waals surface area (Å²) in [6.07, 6.45) is 8.48. The van der Waals surface area contributed by atoms with E-state index in [0.717, 1.165) is 61.7 Å². The van der Waals surface area contributed by atoms with Crippen molar-refractivity contribution >= 4 is 17.5 Å². The van der Waals surface area contributed by atoms with Gasteiger partial charge in [0.15, 0.2) is 0 Å². The molecule has 0 spiro atoms. The zero-order valence-electron chi connectivity index (χ0n) is 18.5. The zero-order chi connectivity index (χ0) is 22.4. The van der Waals surface area contributed by atoms with E-state index in [1.165, 1.54) is 36.1 Å². The molecule has 0 amide bonds. The van der Waals surface area contributed by atoms with Crippen molar-refractivity contribution in [2.45, 2.75) is 70.4 Å². The van der Waals surface area contributed by atoms with Crippen LogP contribution in [0.4, 0.5) is 0 Å². The molecule has 6 heteroatoms. The summed E-state index contributed by atoms with van der Waals surface area (Å²) in [5, 5.41) is 23.0. The summed E-state index contributed by atoms with van der Waals surface area (Å²) in [5.41, 5.74) is 7.20. The van der Waals surface area contributed by atoms with Gasteiger partial charge in [0.05, 0.1) is 11.3 Å². The zero-order valence-corrected chi connectivity index (χ0v) is 18.5. The Labute approximate surface area is 188 Å². The molecule has 6 nitrogen and oxygen atoms in total. The third-order valence-corrected chi connectivity index (χ3v) is 7.45. The van der Waals surface area contributed by atoms with Crippen molar-refractivity contribution in [3.8, 4) is 11.3 Å². The summed E-state index contributed by atoms with van der Waals surface area (Å²) in [6.45, 7) is 3.83. The fraction of sp³-hybridized carbons (Fsp3) is 0.462. The number of hydrogen-bond acceptors (Lipinski definition) is 3. The van der Waals surface area contributed by atoms with E-state index in [0.29, 0.717) is 11.5 Å². The molecule has 0 saturated heterocycles. The van der Waals surface area contributed by atoms with Crippen LogP contribution in [0.25, 0.3) is 16.8 Å². The molecule has 3 N–H and O–H groups in total. The van der Waals surface area contributed by atoms with E-state index in [1.807, 2.05) is 6.07 Å². The fourth-order valence-corrected chi connectivity index (χ4v) is 5.95. The number of carboxylic acid groups (broad SMARTS) is 2. The lowest BCUT2D eigenvalue weighted by molar-refractivity contribution is -0.133. The van der Waals surface area contributed by atoms with Crippen LogP contribution in [-0.2, 0) is 29.0 Å². The highest BCUT2D eigenvalue weighted by molar-refractivity contribution is 6.21. The van der Waals surface area contributed by atoms with Crippen LogP contribution >= 0.6 is 0 Å². The summed E-state index contributed by atoms with van der Waals surface area (Å²) >= 11 is 0. The highest BCUT2D eigenvalue weighted by Crippen LogP contribution is 2.45. The van der Waals surface area contributed by atoms with Crippen LogP contribution in [0, 0.1) is 0 Å². The number of aliphatic carboxylic acids is 2. The number of nitrogens with one attached hydrogen (secondary N) is 1. The molecule has 0 bridgehead atoms. The molecule has 168 valence electrons. The smallest absolute Gasteiger partial charge is 0.336 e. The second-order valence-corrected chi connectivity index (χ2v) is 9.41. The Bertz CT molecular complexity index is 1120. The highest BCUT2D eigenvalue weighted by Gasteiger charge is 2.32. The van der Waals surface area contributed by atoms with Crippen LogP contribution in [0.2, 0.25) is 0 Å². The van der Waals surface area contributed by atoms with Crippen LogP contribution in [0.15, 0.2) is 24.3 Å². The fourth-order valence-electron chi connectivity index (χ4n) is 5.95. The number of rotatable bonds is 4. The van der Waals surface area contributed by atoms with Gasteiger partial charge in [-0.2, -0.15) is 0 Å². The monoisotopic (exact) mass is 434 g/mol. The van der Waals surface area contributed by atoms with E-state index < -0.39 is 11.9 Å².